The number of carboxylic acids is 1. The van der Waals surface area contributed by atoms with Gasteiger partial charge in [0.15, 0.2) is 0 Å². The third-order valence-electron chi connectivity index (χ3n) is 7.27. The highest BCUT2D eigenvalue weighted by Gasteiger charge is 2.38. The minimum Gasteiger partial charge on any atom is -0.475 e. The lowest BCUT2D eigenvalue weighted by molar-refractivity contribution is -0.192. The number of aliphatic carboxylic acids is 1. The van der Waals surface area contributed by atoms with E-state index < -0.39 is 18.2 Å². The number of piperidine rings is 1. The van der Waals surface area contributed by atoms with Crippen LogP contribution in [0.3, 0.4) is 0 Å². The first-order valence-corrected chi connectivity index (χ1v) is 13.7. The maximum absolute atomic E-state index is 13.3. The Balaban J connectivity index is 0.000000541. The van der Waals surface area contributed by atoms with Crippen LogP contribution in [0, 0.1) is 12.8 Å². The number of nitrogens with one attached hydrogen (secondary N) is 3. The summed E-state index contributed by atoms with van der Waals surface area (Å²) in [5.41, 5.74) is 4.49. The van der Waals surface area contributed by atoms with E-state index in [1.165, 1.54) is 5.69 Å². The highest BCUT2D eigenvalue weighted by molar-refractivity contribution is 6.00. The number of carbonyl (C=O) groups is 3. The number of hydrogen-bond donors (Lipinski definition) is 4. The molecule has 2 aromatic heterocycles. The van der Waals surface area contributed by atoms with Gasteiger partial charge in [0.2, 0.25) is 5.91 Å². The van der Waals surface area contributed by atoms with Crippen molar-refractivity contribution >= 4 is 34.4 Å². The second-order valence-electron chi connectivity index (χ2n) is 10.2. The van der Waals surface area contributed by atoms with Gasteiger partial charge in [0.1, 0.15) is 6.04 Å². The number of pyridine rings is 1. The van der Waals surface area contributed by atoms with E-state index in [-0.39, 0.29) is 11.8 Å². The Morgan fingerprint density at radius 1 is 1.05 bits per heavy atom. The molecular formula is C31H32F3N5O4. The van der Waals surface area contributed by atoms with Gasteiger partial charge in [-0.05, 0) is 61.1 Å². The van der Waals surface area contributed by atoms with Crippen molar-refractivity contribution in [3.63, 3.8) is 0 Å². The lowest BCUT2D eigenvalue weighted by atomic mass is 9.96. The van der Waals surface area contributed by atoms with Gasteiger partial charge >= 0.3 is 12.1 Å². The predicted octanol–water partition coefficient (Wildman–Crippen LogP) is 5.01. The number of alkyl halides is 3. The summed E-state index contributed by atoms with van der Waals surface area (Å²) in [4.78, 5) is 45.0. The summed E-state index contributed by atoms with van der Waals surface area (Å²) in [7, 11) is 0. The fraction of sp³-hybridized carbons (Fsp3) is 0.290. The molecule has 1 saturated heterocycles. The number of carbonyl (C=O) groups excluding carboxylic acids is 2. The van der Waals surface area contributed by atoms with Gasteiger partial charge in [-0.2, -0.15) is 13.2 Å². The zero-order chi connectivity index (χ0) is 31.0. The maximum atomic E-state index is 13.3. The Morgan fingerprint density at radius 3 is 2.33 bits per heavy atom. The first-order valence-electron chi connectivity index (χ1n) is 13.7. The topological polar surface area (TPSA) is 127 Å². The van der Waals surface area contributed by atoms with Crippen LogP contribution in [0.4, 0.5) is 18.9 Å². The normalized spacial score (nSPS) is 14.4. The van der Waals surface area contributed by atoms with Crippen molar-refractivity contribution in [2.24, 2.45) is 5.92 Å². The lowest BCUT2D eigenvalue weighted by Crippen LogP contribution is -2.43. The van der Waals surface area contributed by atoms with E-state index in [1.54, 1.807) is 6.07 Å². The van der Waals surface area contributed by atoms with Crippen LogP contribution in [0.2, 0.25) is 0 Å². The first kappa shape index (κ1) is 31.1. The van der Waals surface area contributed by atoms with Gasteiger partial charge in [-0.25, -0.2) is 4.79 Å². The van der Waals surface area contributed by atoms with Gasteiger partial charge in [-0.15, -0.1) is 0 Å². The Kier molecular flexibility index (Phi) is 10.0. The number of anilines is 1. The standard InChI is InChI=1S/C29H31N5O2.C2HF3O2/c1-20-18-31-26-17-23(7-8-25(20)26)28(35)33-27(22-5-3-2-4-6-22)29(36)32-19-21-11-15-34(16-12-21)24-9-13-30-14-10-24;3-2(4,5)1(6)7/h2-10,13-14,17-18,21,27,31H,11-12,15-16,19H2,1H3,(H,32,36)(H,33,35);(H,6,7)/t27-;/m1./s1. The van der Waals surface area contributed by atoms with Gasteiger partial charge in [-0.1, -0.05) is 36.4 Å². The molecule has 2 amide bonds. The minimum absolute atomic E-state index is 0.192. The average Bonchev–Trinajstić information content (AvgIpc) is 3.39. The van der Waals surface area contributed by atoms with Crippen LogP contribution < -0.4 is 15.5 Å². The Hall–Kier alpha value is -4.87. The predicted molar refractivity (Wildman–Crippen MR) is 156 cm³/mol. The summed E-state index contributed by atoms with van der Waals surface area (Å²) in [6.07, 6.45) is 2.48. The molecule has 0 unspecified atom stereocenters. The average molecular weight is 596 g/mol. The number of aryl methyl sites for hydroxylation is 1. The number of carboxylic acid groups (broad SMARTS) is 1. The monoisotopic (exact) mass is 595 g/mol. The highest BCUT2D eigenvalue weighted by Crippen LogP contribution is 2.23. The largest absolute Gasteiger partial charge is 0.490 e. The minimum atomic E-state index is -5.08. The zero-order valence-electron chi connectivity index (χ0n) is 23.4. The molecule has 0 bridgehead atoms. The third kappa shape index (κ3) is 8.34. The van der Waals surface area contributed by atoms with Crippen molar-refractivity contribution in [3.8, 4) is 0 Å². The van der Waals surface area contributed by atoms with E-state index in [1.807, 2.05) is 80.1 Å². The second kappa shape index (κ2) is 13.9. The second-order valence-corrected chi connectivity index (χ2v) is 10.2. The van der Waals surface area contributed by atoms with E-state index in [4.69, 9.17) is 9.90 Å². The third-order valence-corrected chi connectivity index (χ3v) is 7.27. The molecule has 0 saturated carbocycles. The van der Waals surface area contributed by atoms with E-state index in [0.717, 1.165) is 48.0 Å². The summed E-state index contributed by atoms with van der Waals surface area (Å²) in [5.74, 6) is -2.83. The molecule has 5 rings (SSSR count). The molecule has 9 nitrogen and oxygen atoms in total. The zero-order valence-corrected chi connectivity index (χ0v) is 23.4. The molecule has 226 valence electrons. The summed E-state index contributed by atoms with van der Waals surface area (Å²) < 4.78 is 31.7. The van der Waals surface area contributed by atoms with Crippen LogP contribution in [0.15, 0.2) is 79.3 Å². The van der Waals surface area contributed by atoms with Gasteiger partial charge < -0.3 is 25.6 Å². The number of aromatic nitrogens is 2. The molecule has 0 radical (unpaired) electrons. The number of aromatic amines is 1. The Bertz CT molecular complexity index is 1540. The van der Waals surface area contributed by atoms with Gasteiger partial charge in [0.05, 0.1) is 0 Å². The number of benzene rings is 2. The highest BCUT2D eigenvalue weighted by atomic mass is 19.4. The Morgan fingerprint density at radius 2 is 1.70 bits per heavy atom. The summed E-state index contributed by atoms with van der Waals surface area (Å²) in [6, 6.07) is 18.3. The van der Waals surface area contributed by atoms with Crippen LogP contribution in [0.5, 0.6) is 0 Å². The van der Waals surface area contributed by atoms with E-state index >= 15 is 0 Å². The SMILES string of the molecule is Cc1c[nH]c2cc(C(=O)N[C@@H](C(=O)NCC3CCN(c4ccncc4)CC3)c3ccccc3)ccc12.O=C(O)C(F)(F)F. The number of hydrogen-bond acceptors (Lipinski definition) is 5. The molecule has 1 aliphatic rings. The molecule has 0 aliphatic carbocycles. The lowest BCUT2D eigenvalue weighted by Gasteiger charge is -2.33. The van der Waals surface area contributed by atoms with Crippen molar-refractivity contribution in [3.05, 3.63) is 95.9 Å². The first-order chi connectivity index (χ1) is 20.5. The van der Waals surface area contributed by atoms with E-state index in [9.17, 15) is 22.8 Å². The van der Waals surface area contributed by atoms with E-state index in [2.05, 4.69) is 25.5 Å². The molecule has 4 aromatic rings. The molecule has 3 heterocycles. The molecule has 12 heteroatoms. The van der Waals surface area contributed by atoms with Crippen molar-refractivity contribution in [2.45, 2.75) is 32.0 Å². The number of fused-ring (bicyclic) bond motifs is 1. The van der Waals surface area contributed by atoms with Crippen molar-refractivity contribution < 1.29 is 32.7 Å². The van der Waals surface area contributed by atoms with Crippen molar-refractivity contribution in [1.29, 1.82) is 0 Å². The maximum Gasteiger partial charge on any atom is 0.490 e. The van der Waals surface area contributed by atoms with Gasteiger partial charge in [0, 0.05) is 60.4 Å². The fourth-order valence-electron chi connectivity index (χ4n) is 4.87. The number of H-pyrrole nitrogens is 1. The van der Waals surface area contributed by atoms with Gasteiger partial charge in [-0.3, -0.25) is 14.6 Å². The molecule has 4 N–H and O–H groups in total. The van der Waals surface area contributed by atoms with Crippen LogP contribution in [0.1, 0.15) is 40.4 Å². The summed E-state index contributed by atoms with van der Waals surface area (Å²) in [5, 5.41) is 14.3. The summed E-state index contributed by atoms with van der Waals surface area (Å²) >= 11 is 0. The molecule has 1 fully saturated rings. The molecule has 0 spiro atoms. The number of rotatable bonds is 7. The number of nitrogens with zero attached hydrogens (tertiary/aromatic N) is 2. The van der Waals surface area contributed by atoms with Crippen LogP contribution in [-0.2, 0) is 9.59 Å². The number of amides is 2. The molecular weight excluding hydrogens is 563 g/mol. The van der Waals surface area contributed by atoms with E-state index in [0.29, 0.717) is 18.0 Å². The van der Waals surface area contributed by atoms with Crippen molar-refractivity contribution in [2.75, 3.05) is 24.5 Å². The van der Waals surface area contributed by atoms with Crippen LogP contribution in [-0.4, -0.2) is 58.7 Å². The van der Waals surface area contributed by atoms with Gasteiger partial charge in [0.25, 0.3) is 5.91 Å². The molecule has 1 aliphatic heterocycles. The molecule has 1 atom stereocenters. The quantitative estimate of drug-likeness (QED) is 0.238. The van der Waals surface area contributed by atoms with Crippen LogP contribution in [0.25, 0.3) is 10.9 Å². The fourth-order valence-corrected chi connectivity index (χ4v) is 4.87. The number of halogens is 3. The Labute approximate surface area is 246 Å². The molecule has 43 heavy (non-hydrogen) atoms. The van der Waals surface area contributed by atoms with Crippen molar-refractivity contribution in [1.82, 2.24) is 20.6 Å². The molecule has 2 aromatic carbocycles. The smallest absolute Gasteiger partial charge is 0.475 e. The van der Waals surface area contributed by atoms with Crippen LogP contribution >= 0.6 is 0 Å². The summed E-state index contributed by atoms with van der Waals surface area (Å²) in [6.45, 7) is 4.52.